The molecule has 0 radical (unpaired) electrons. The summed E-state index contributed by atoms with van der Waals surface area (Å²) in [6, 6.07) is 0. The van der Waals surface area contributed by atoms with E-state index in [4.69, 9.17) is 10.3 Å². The van der Waals surface area contributed by atoms with Gasteiger partial charge in [0, 0.05) is 25.2 Å². The second-order valence-electron chi connectivity index (χ2n) is 6.91. The Morgan fingerprint density at radius 3 is 2.86 bits per heavy atom. The van der Waals surface area contributed by atoms with Crippen LogP contribution in [0.3, 0.4) is 0 Å². The van der Waals surface area contributed by atoms with E-state index in [1.807, 2.05) is 13.8 Å². The van der Waals surface area contributed by atoms with Crippen molar-refractivity contribution in [2.45, 2.75) is 51.6 Å². The molecular formula is C16H26N4O2. The molecule has 1 atom stereocenters. The molecule has 1 amide bonds. The predicted molar refractivity (Wildman–Crippen MR) is 83.1 cm³/mol. The number of aryl methyl sites for hydroxylation is 2. The number of nitrogens with two attached hydrogens (primary N) is 1. The zero-order valence-electron chi connectivity index (χ0n) is 13.5. The normalized spacial score (nSPS) is 24.2. The molecule has 0 bridgehead atoms. The number of hydrogen-bond acceptors (Lipinski definition) is 5. The average molecular weight is 306 g/mol. The Kier molecular flexibility index (Phi) is 4.23. The molecule has 2 heterocycles. The molecule has 1 aliphatic heterocycles. The average Bonchev–Trinajstić information content (AvgIpc) is 3.04. The minimum atomic E-state index is -0.588. The highest BCUT2D eigenvalue weighted by Gasteiger charge is 2.40. The summed E-state index contributed by atoms with van der Waals surface area (Å²) in [5.74, 6) is 1.44. The number of nitrogens with one attached hydrogen (secondary N) is 1. The van der Waals surface area contributed by atoms with Crippen molar-refractivity contribution >= 4 is 5.91 Å². The van der Waals surface area contributed by atoms with Gasteiger partial charge in [-0.05, 0) is 52.0 Å². The third-order valence-electron chi connectivity index (χ3n) is 5.18. The molecule has 3 rings (SSSR count). The molecule has 3 N–H and O–H groups in total. The van der Waals surface area contributed by atoms with Crippen molar-refractivity contribution in [3.8, 4) is 0 Å². The van der Waals surface area contributed by atoms with Crippen LogP contribution in [0.1, 0.15) is 42.7 Å². The lowest BCUT2D eigenvalue weighted by Gasteiger charge is -2.36. The Morgan fingerprint density at radius 2 is 2.27 bits per heavy atom. The van der Waals surface area contributed by atoms with E-state index in [1.165, 1.54) is 5.56 Å². The molecule has 1 saturated carbocycles. The van der Waals surface area contributed by atoms with E-state index < -0.39 is 5.54 Å². The highest BCUT2D eigenvalue weighted by atomic mass is 16.5. The van der Waals surface area contributed by atoms with Crippen LogP contribution in [0.25, 0.3) is 0 Å². The van der Waals surface area contributed by atoms with Crippen LogP contribution < -0.4 is 11.1 Å². The topological polar surface area (TPSA) is 84.4 Å². The third-order valence-corrected chi connectivity index (χ3v) is 5.18. The number of nitrogens with zero attached hydrogens (tertiary/aromatic N) is 2. The molecule has 1 saturated heterocycles. The predicted octanol–water partition coefficient (Wildman–Crippen LogP) is 1.11. The number of aromatic nitrogens is 1. The van der Waals surface area contributed by atoms with Gasteiger partial charge in [0.25, 0.3) is 0 Å². The van der Waals surface area contributed by atoms with Crippen molar-refractivity contribution < 1.29 is 9.32 Å². The van der Waals surface area contributed by atoms with E-state index >= 15 is 0 Å². The number of rotatable bonds is 5. The van der Waals surface area contributed by atoms with E-state index in [0.717, 1.165) is 63.3 Å². The van der Waals surface area contributed by atoms with Crippen LogP contribution >= 0.6 is 0 Å². The van der Waals surface area contributed by atoms with Crippen LogP contribution in [0, 0.1) is 19.8 Å². The fourth-order valence-corrected chi connectivity index (χ4v) is 3.37. The zero-order chi connectivity index (χ0) is 15.7. The first kappa shape index (κ1) is 15.5. The summed E-state index contributed by atoms with van der Waals surface area (Å²) in [6.45, 7) is 7.62. The van der Waals surface area contributed by atoms with Gasteiger partial charge in [-0.2, -0.15) is 0 Å². The lowest BCUT2D eigenvalue weighted by Crippen LogP contribution is -2.59. The maximum absolute atomic E-state index is 12.1. The fourth-order valence-electron chi connectivity index (χ4n) is 3.37. The molecule has 22 heavy (non-hydrogen) atoms. The van der Waals surface area contributed by atoms with Gasteiger partial charge < -0.3 is 15.6 Å². The van der Waals surface area contributed by atoms with Crippen molar-refractivity contribution in [1.29, 1.82) is 0 Å². The number of amides is 1. The van der Waals surface area contributed by atoms with Crippen LogP contribution in [-0.4, -0.2) is 41.1 Å². The minimum Gasteiger partial charge on any atom is -0.361 e. The lowest BCUT2D eigenvalue weighted by molar-refractivity contribution is -0.129. The molecule has 0 spiro atoms. The number of carbonyl (C=O) groups is 1. The summed E-state index contributed by atoms with van der Waals surface area (Å²) in [7, 11) is 0. The first-order chi connectivity index (χ1) is 10.5. The molecule has 0 unspecified atom stereocenters. The Hall–Kier alpha value is -1.40. The largest absolute Gasteiger partial charge is 0.361 e. The number of carbonyl (C=O) groups excluding carboxylic acids is 1. The van der Waals surface area contributed by atoms with Crippen molar-refractivity contribution in [1.82, 2.24) is 15.4 Å². The summed E-state index contributed by atoms with van der Waals surface area (Å²) in [5, 5.41) is 7.05. The van der Waals surface area contributed by atoms with Gasteiger partial charge in [-0.25, -0.2) is 0 Å². The van der Waals surface area contributed by atoms with Crippen LogP contribution in [0.4, 0.5) is 0 Å². The molecule has 6 heteroatoms. The SMILES string of the molecule is Cc1noc(C)c1CN1CC[C@H](CNC(=O)C2(N)CCC2)C1. The van der Waals surface area contributed by atoms with Gasteiger partial charge in [-0.3, -0.25) is 9.69 Å². The second kappa shape index (κ2) is 6.01. The quantitative estimate of drug-likeness (QED) is 0.851. The van der Waals surface area contributed by atoms with Crippen molar-refractivity contribution in [2.75, 3.05) is 19.6 Å². The Balaban J connectivity index is 1.45. The standard InChI is InChI=1S/C16H26N4O2/c1-11-14(12(2)22-19-11)10-20-7-4-13(9-20)8-18-15(21)16(17)5-3-6-16/h13H,3-10,17H2,1-2H3,(H,18,21)/t13-/m1/s1. The Morgan fingerprint density at radius 1 is 1.50 bits per heavy atom. The first-order valence-electron chi connectivity index (χ1n) is 8.19. The molecule has 0 aromatic carbocycles. The summed E-state index contributed by atoms with van der Waals surface area (Å²) in [6.07, 6.45) is 3.82. The van der Waals surface area contributed by atoms with Crippen molar-refractivity contribution in [3.63, 3.8) is 0 Å². The Bertz CT molecular complexity index is 531. The lowest BCUT2D eigenvalue weighted by atomic mass is 9.77. The van der Waals surface area contributed by atoms with Crippen LogP contribution in [-0.2, 0) is 11.3 Å². The van der Waals surface area contributed by atoms with Crippen LogP contribution in [0.15, 0.2) is 4.52 Å². The number of likely N-dealkylation sites (tertiary alicyclic amines) is 1. The smallest absolute Gasteiger partial charge is 0.240 e. The third kappa shape index (κ3) is 3.03. The van der Waals surface area contributed by atoms with Gasteiger partial charge in [-0.1, -0.05) is 5.16 Å². The van der Waals surface area contributed by atoms with Crippen LogP contribution in [0.2, 0.25) is 0 Å². The number of hydrogen-bond donors (Lipinski definition) is 2. The maximum atomic E-state index is 12.1. The van der Waals surface area contributed by atoms with E-state index in [0.29, 0.717) is 5.92 Å². The molecular weight excluding hydrogens is 280 g/mol. The van der Waals surface area contributed by atoms with Gasteiger partial charge in [0.2, 0.25) is 5.91 Å². The van der Waals surface area contributed by atoms with Gasteiger partial charge in [0.1, 0.15) is 5.76 Å². The first-order valence-corrected chi connectivity index (χ1v) is 8.19. The highest BCUT2D eigenvalue weighted by Crippen LogP contribution is 2.29. The van der Waals surface area contributed by atoms with E-state index in [1.54, 1.807) is 0 Å². The van der Waals surface area contributed by atoms with E-state index in [2.05, 4.69) is 15.4 Å². The highest BCUT2D eigenvalue weighted by molar-refractivity contribution is 5.86. The molecule has 6 nitrogen and oxygen atoms in total. The molecule has 1 aromatic rings. The van der Waals surface area contributed by atoms with Gasteiger partial charge in [-0.15, -0.1) is 0 Å². The van der Waals surface area contributed by atoms with E-state index in [9.17, 15) is 4.79 Å². The van der Waals surface area contributed by atoms with Gasteiger partial charge >= 0.3 is 0 Å². The molecule has 1 aliphatic carbocycles. The van der Waals surface area contributed by atoms with Crippen molar-refractivity contribution in [3.05, 3.63) is 17.0 Å². The van der Waals surface area contributed by atoms with Gasteiger partial charge in [0.15, 0.2) is 0 Å². The van der Waals surface area contributed by atoms with E-state index in [-0.39, 0.29) is 5.91 Å². The zero-order valence-corrected chi connectivity index (χ0v) is 13.5. The fraction of sp³-hybridized carbons (Fsp3) is 0.750. The molecule has 122 valence electrons. The second-order valence-corrected chi connectivity index (χ2v) is 6.91. The minimum absolute atomic E-state index is 0.0305. The molecule has 2 fully saturated rings. The summed E-state index contributed by atoms with van der Waals surface area (Å²) in [4.78, 5) is 14.5. The van der Waals surface area contributed by atoms with Crippen molar-refractivity contribution in [2.24, 2.45) is 11.7 Å². The molecule has 1 aromatic heterocycles. The van der Waals surface area contributed by atoms with Gasteiger partial charge in [0.05, 0.1) is 11.2 Å². The van der Waals surface area contributed by atoms with Crippen LogP contribution in [0.5, 0.6) is 0 Å². The summed E-state index contributed by atoms with van der Waals surface area (Å²) >= 11 is 0. The molecule has 2 aliphatic rings. The Labute approximate surface area is 131 Å². The summed E-state index contributed by atoms with van der Waals surface area (Å²) in [5.41, 5.74) is 7.62. The monoisotopic (exact) mass is 306 g/mol. The summed E-state index contributed by atoms with van der Waals surface area (Å²) < 4.78 is 5.22. The maximum Gasteiger partial charge on any atom is 0.240 e.